The van der Waals surface area contributed by atoms with Gasteiger partial charge in [0.1, 0.15) is 5.75 Å². The number of carbonyl (C=O) groups is 1. The molecule has 8 heteroatoms. The number of para-hydroxylation sites is 1. The predicted molar refractivity (Wildman–Crippen MR) is 107 cm³/mol. The Morgan fingerprint density at radius 3 is 2.54 bits per heavy atom. The zero-order chi connectivity index (χ0) is 19.7. The van der Waals surface area contributed by atoms with Gasteiger partial charge in [0.25, 0.3) is 5.91 Å². The SMILES string of the molecule is CN(c1ccccc1)C1CCN(S(=O)(=O)c2ccc3c(c2)NC(=O)CO3)CC1. The quantitative estimate of drug-likeness (QED) is 0.851. The highest BCUT2D eigenvalue weighted by Crippen LogP contribution is 2.32. The minimum absolute atomic E-state index is 0.0540. The van der Waals surface area contributed by atoms with Crippen LogP contribution in [0, 0.1) is 0 Å². The zero-order valence-corrected chi connectivity index (χ0v) is 16.5. The van der Waals surface area contributed by atoms with Crippen LogP contribution in [0.15, 0.2) is 53.4 Å². The van der Waals surface area contributed by atoms with Crippen molar-refractivity contribution in [3.63, 3.8) is 0 Å². The van der Waals surface area contributed by atoms with Crippen molar-refractivity contribution in [3.05, 3.63) is 48.5 Å². The number of hydrogen-bond donors (Lipinski definition) is 1. The number of nitrogens with one attached hydrogen (secondary N) is 1. The molecule has 2 aliphatic rings. The summed E-state index contributed by atoms with van der Waals surface area (Å²) in [6.45, 7) is 0.871. The number of sulfonamides is 1. The number of piperidine rings is 1. The van der Waals surface area contributed by atoms with Crippen molar-refractivity contribution in [3.8, 4) is 5.75 Å². The zero-order valence-electron chi connectivity index (χ0n) is 15.7. The van der Waals surface area contributed by atoms with Crippen LogP contribution < -0.4 is 15.0 Å². The van der Waals surface area contributed by atoms with E-state index in [0.717, 1.165) is 18.5 Å². The van der Waals surface area contributed by atoms with Crippen molar-refractivity contribution in [2.75, 3.05) is 37.0 Å². The number of nitrogens with zero attached hydrogens (tertiary/aromatic N) is 2. The molecular weight excluding hydrogens is 378 g/mol. The minimum atomic E-state index is -3.62. The Morgan fingerprint density at radius 1 is 1.11 bits per heavy atom. The number of ether oxygens (including phenoxy) is 1. The van der Waals surface area contributed by atoms with Crippen molar-refractivity contribution in [1.29, 1.82) is 0 Å². The fraction of sp³-hybridized carbons (Fsp3) is 0.350. The Labute approximate surface area is 165 Å². The van der Waals surface area contributed by atoms with E-state index in [4.69, 9.17) is 4.74 Å². The lowest BCUT2D eigenvalue weighted by molar-refractivity contribution is -0.118. The van der Waals surface area contributed by atoms with E-state index >= 15 is 0 Å². The molecule has 0 spiro atoms. The number of carbonyl (C=O) groups excluding carboxylic acids is 1. The number of fused-ring (bicyclic) bond motifs is 1. The molecule has 1 amide bonds. The molecule has 4 rings (SSSR count). The molecule has 7 nitrogen and oxygen atoms in total. The van der Waals surface area contributed by atoms with E-state index in [-0.39, 0.29) is 17.4 Å². The van der Waals surface area contributed by atoms with Crippen molar-refractivity contribution < 1.29 is 17.9 Å². The van der Waals surface area contributed by atoms with E-state index in [0.29, 0.717) is 30.6 Å². The molecule has 1 saturated heterocycles. The highest BCUT2D eigenvalue weighted by atomic mass is 32.2. The monoisotopic (exact) mass is 401 g/mol. The van der Waals surface area contributed by atoms with Crippen LogP contribution in [0.3, 0.4) is 0 Å². The summed E-state index contributed by atoms with van der Waals surface area (Å²) >= 11 is 0. The van der Waals surface area contributed by atoms with Crippen LogP contribution in [0.25, 0.3) is 0 Å². The molecule has 0 saturated carbocycles. The second-order valence-electron chi connectivity index (χ2n) is 7.08. The molecule has 0 aromatic heterocycles. The van der Waals surface area contributed by atoms with Crippen LogP contribution >= 0.6 is 0 Å². The maximum absolute atomic E-state index is 13.1. The summed E-state index contributed by atoms with van der Waals surface area (Å²) in [7, 11) is -1.57. The summed E-state index contributed by atoms with van der Waals surface area (Å²) < 4.78 is 32.9. The Morgan fingerprint density at radius 2 is 1.82 bits per heavy atom. The van der Waals surface area contributed by atoms with E-state index in [1.165, 1.54) is 16.4 Å². The van der Waals surface area contributed by atoms with E-state index < -0.39 is 10.0 Å². The third kappa shape index (κ3) is 3.57. The van der Waals surface area contributed by atoms with E-state index in [1.807, 2.05) is 18.2 Å². The van der Waals surface area contributed by atoms with Gasteiger partial charge in [-0.05, 0) is 43.2 Å². The highest BCUT2D eigenvalue weighted by Gasteiger charge is 2.32. The molecule has 1 fully saturated rings. The van der Waals surface area contributed by atoms with Gasteiger partial charge in [0, 0.05) is 31.9 Å². The van der Waals surface area contributed by atoms with Crippen LogP contribution in [-0.4, -0.2) is 51.4 Å². The number of benzene rings is 2. The molecule has 0 radical (unpaired) electrons. The normalized spacial score (nSPS) is 18.1. The first-order valence-corrected chi connectivity index (χ1v) is 10.7. The van der Waals surface area contributed by atoms with Gasteiger partial charge in [0.2, 0.25) is 10.0 Å². The van der Waals surface area contributed by atoms with Crippen molar-refractivity contribution >= 4 is 27.3 Å². The molecule has 2 heterocycles. The maximum atomic E-state index is 13.1. The Balaban J connectivity index is 1.47. The van der Waals surface area contributed by atoms with Crippen LogP contribution in [0.1, 0.15) is 12.8 Å². The predicted octanol–water partition coefficient (Wildman–Crippen LogP) is 2.31. The molecule has 0 bridgehead atoms. The topological polar surface area (TPSA) is 79.0 Å². The van der Waals surface area contributed by atoms with Gasteiger partial charge in [0.05, 0.1) is 10.6 Å². The van der Waals surface area contributed by atoms with Gasteiger partial charge < -0.3 is 15.0 Å². The lowest BCUT2D eigenvalue weighted by Gasteiger charge is -2.37. The first-order chi connectivity index (χ1) is 13.4. The molecular formula is C20H23N3O4S. The third-order valence-electron chi connectivity index (χ3n) is 5.36. The summed E-state index contributed by atoms with van der Waals surface area (Å²) in [5, 5.41) is 2.66. The second kappa shape index (κ2) is 7.44. The third-order valence-corrected chi connectivity index (χ3v) is 7.25. The number of hydrogen-bond acceptors (Lipinski definition) is 5. The summed E-state index contributed by atoms with van der Waals surface area (Å²) in [6.07, 6.45) is 1.52. The largest absolute Gasteiger partial charge is 0.482 e. The molecule has 0 atom stereocenters. The van der Waals surface area contributed by atoms with Crippen molar-refractivity contribution in [2.45, 2.75) is 23.8 Å². The first kappa shape index (κ1) is 18.8. The summed E-state index contributed by atoms with van der Waals surface area (Å²) in [6, 6.07) is 15.0. The average Bonchev–Trinajstić information content (AvgIpc) is 2.73. The maximum Gasteiger partial charge on any atom is 0.262 e. The van der Waals surface area contributed by atoms with E-state index in [1.54, 1.807) is 6.07 Å². The van der Waals surface area contributed by atoms with Gasteiger partial charge in [-0.3, -0.25) is 4.79 Å². The number of rotatable bonds is 4. The lowest BCUT2D eigenvalue weighted by atomic mass is 10.0. The van der Waals surface area contributed by atoms with Crippen LogP contribution in [0.5, 0.6) is 5.75 Å². The first-order valence-electron chi connectivity index (χ1n) is 9.30. The summed E-state index contributed by atoms with van der Waals surface area (Å²) in [5.41, 5.74) is 1.53. The van der Waals surface area contributed by atoms with Gasteiger partial charge in [0.15, 0.2) is 6.61 Å². The fourth-order valence-corrected chi connectivity index (χ4v) is 5.21. The Kier molecular flexibility index (Phi) is 4.99. The molecule has 2 aromatic carbocycles. The average molecular weight is 401 g/mol. The van der Waals surface area contributed by atoms with Crippen LogP contribution in [0.2, 0.25) is 0 Å². The number of anilines is 2. The van der Waals surface area contributed by atoms with Gasteiger partial charge in [-0.1, -0.05) is 18.2 Å². The summed E-state index contributed by atoms with van der Waals surface area (Å²) in [4.78, 5) is 13.9. The second-order valence-corrected chi connectivity index (χ2v) is 9.01. The number of amides is 1. The lowest BCUT2D eigenvalue weighted by Crippen LogP contribution is -2.45. The standard InChI is InChI=1S/C20H23N3O4S/c1-22(15-5-3-2-4-6-15)16-9-11-23(12-10-16)28(25,26)17-7-8-19-18(13-17)21-20(24)14-27-19/h2-8,13,16H,9-12,14H2,1H3,(H,21,24). The Hall–Kier alpha value is -2.58. The van der Waals surface area contributed by atoms with Gasteiger partial charge >= 0.3 is 0 Å². The fourth-order valence-electron chi connectivity index (χ4n) is 3.72. The molecule has 1 N–H and O–H groups in total. The van der Waals surface area contributed by atoms with E-state index in [2.05, 4.69) is 29.4 Å². The van der Waals surface area contributed by atoms with Crippen LogP contribution in [-0.2, 0) is 14.8 Å². The highest BCUT2D eigenvalue weighted by molar-refractivity contribution is 7.89. The molecule has 0 aliphatic carbocycles. The smallest absolute Gasteiger partial charge is 0.262 e. The van der Waals surface area contributed by atoms with Crippen molar-refractivity contribution in [2.24, 2.45) is 0 Å². The van der Waals surface area contributed by atoms with Crippen molar-refractivity contribution in [1.82, 2.24) is 4.31 Å². The van der Waals surface area contributed by atoms with Gasteiger partial charge in [-0.2, -0.15) is 4.31 Å². The van der Waals surface area contributed by atoms with Gasteiger partial charge in [-0.15, -0.1) is 0 Å². The molecule has 2 aromatic rings. The van der Waals surface area contributed by atoms with Gasteiger partial charge in [-0.25, -0.2) is 8.42 Å². The molecule has 0 unspecified atom stereocenters. The molecule has 28 heavy (non-hydrogen) atoms. The Bertz CT molecular complexity index is 970. The molecule has 148 valence electrons. The summed E-state index contributed by atoms with van der Waals surface area (Å²) in [5.74, 6) is 0.202. The molecule has 2 aliphatic heterocycles. The van der Waals surface area contributed by atoms with Crippen LogP contribution in [0.4, 0.5) is 11.4 Å². The minimum Gasteiger partial charge on any atom is -0.482 e. The van der Waals surface area contributed by atoms with E-state index in [9.17, 15) is 13.2 Å².